The fourth-order valence-electron chi connectivity index (χ4n) is 2.85. The van der Waals surface area contributed by atoms with Gasteiger partial charge < -0.3 is 9.47 Å². The van der Waals surface area contributed by atoms with Gasteiger partial charge in [0.05, 0.1) is 25.4 Å². The Bertz CT molecular complexity index is 665. The Labute approximate surface area is 143 Å². The Balaban J connectivity index is 2.20. The second kappa shape index (κ2) is 8.48. The number of aryl methyl sites for hydroxylation is 1. The summed E-state index contributed by atoms with van der Waals surface area (Å²) in [6.07, 6.45) is 6.18. The summed E-state index contributed by atoms with van der Waals surface area (Å²) < 4.78 is 9.61. The van der Waals surface area contributed by atoms with Crippen molar-refractivity contribution in [3.05, 3.63) is 52.6 Å². The van der Waals surface area contributed by atoms with Crippen molar-refractivity contribution < 1.29 is 19.1 Å². The van der Waals surface area contributed by atoms with E-state index >= 15 is 0 Å². The molecule has 0 saturated heterocycles. The van der Waals surface area contributed by atoms with Crippen molar-refractivity contribution in [3.8, 4) is 0 Å². The summed E-state index contributed by atoms with van der Waals surface area (Å²) >= 11 is 0. The average molecular weight is 328 g/mol. The van der Waals surface area contributed by atoms with E-state index in [0.717, 1.165) is 17.6 Å². The summed E-state index contributed by atoms with van der Waals surface area (Å²) in [5, 5.41) is 0. The highest BCUT2D eigenvalue weighted by atomic mass is 16.5. The monoisotopic (exact) mass is 328 g/mol. The molecule has 0 aromatic heterocycles. The van der Waals surface area contributed by atoms with Gasteiger partial charge in [0.25, 0.3) is 0 Å². The zero-order valence-corrected chi connectivity index (χ0v) is 14.6. The minimum atomic E-state index is -0.472. The minimum absolute atomic E-state index is 0.379. The molecule has 0 unspecified atom stereocenters. The van der Waals surface area contributed by atoms with Gasteiger partial charge in [-0.05, 0) is 36.0 Å². The van der Waals surface area contributed by atoms with E-state index in [4.69, 9.17) is 9.47 Å². The SMILES string of the molecule is CCCCc1ccc(C2=CCC(C(=O)OC)=C(C(=O)OC)C2)cc1. The second-order valence-corrected chi connectivity index (χ2v) is 5.85. The van der Waals surface area contributed by atoms with Crippen molar-refractivity contribution in [1.29, 1.82) is 0 Å². The zero-order valence-electron chi connectivity index (χ0n) is 14.6. The standard InChI is InChI=1S/C20H24O4/c1-4-5-6-14-7-9-15(10-8-14)16-11-12-17(19(21)23-2)18(13-16)20(22)24-3/h7-11H,4-6,12-13H2,1-3H3. The van der Waals surface area contributed by atoms with Gasteiger partial charge in [0.15, 0.2) is 0 Å². The summed E-state index contributed by atoms with van der Waals surface area (Å²) in [6.45, 7) is 2.18. The summed E-state index contributed by atoms with van der Waals surface area (Å²) in [5.41, 5.74) is 4.19. The van der Waals surface area contributed by atoms with Gasteiger partial charge in [-0.2, -0.15) is 0 Å². The average Bonchev–Trinajstić information content (AvgIpc) is 2.65. The second-order valence-electron chi connectivity index (χ2n) is 5.85. The Morgan fingerprint density at radius 2 is 1.62 bits per heavy atom. The summed E-state index contributed by atoms with van der Waals surface area (Å²) in [7, 11) is 2.64. The van der Waals surface area contributed by atoms with Crippen LogP contribution in [0.4, 0.5) is 0 Å². The molecule has 2 rings (SSSR count). The highest BCUT2D eigenvalue weighted by molar-refractivity contribution is 6.03. The van der Waals surface area contributed by atoms with Crippen LogP contribution in [0.25, 0.3) is 5.57 Å². The number of carbonyl (C=O) groups excluding carboxylic acids is 2. The third-order valence-corrected chi connectivity index (χ3v) is 4.29. The van der Waals surface area contributed by atoms with Crippen LogP contribution in [-0.2, 0) is 25.5 Å². The van der Waals surface area contributed by atoms with Crippen molar-refractivity contribution in [2.24, 2.45) is 0 Å². The van der Waals surface area contributed by atoms with Crippen molar-refractivity contribution in [1.82, 2.24) is 0 Å². The molecule has 0 spiro atoms. The quantitative estimate of drug-likeness (QED) is 0.744. The smallest absolute Gasteiger partial charge is 0.334 e. The van der Waals surface area contributed by atoms with E-state index in [0.29, 0.717) is 24.0 Å². The van der Waals surface area contributed by atoms with Crippen LogP contribution in [0.2, 0.25) is 0 Å². The number of rotatable bonds is 6. The lowest BCUT2D eigenvalue weighted by atomic mass is 9.87. The van der Waals surface area contributed by atoms with Crippen LogP contribution in [0, 0.1) is 0 Å². The predicted octanol–water partition coefficient (Wildman–Crippen LogP) is 3.85. The first kappa shape index (κ1) is 18.0. The van der Waals surface area contributed by atoms with Crippen LogP contribution < -0.4 is 0 Å². The summed E-state index contributed by atoms with van der Waals surface area (Å²) in [6, 6.07) is 8.41. The highest BCUT2D eigenvalue weighted by Gasteiger charge is 2.26. The molecule has 1 aliphatic carbocycles. The molecule has 24 heavy (non-hydrogen) atoms. The molecule has 0 fully saturated rings. The van der Waals surface area contributed by atoms with Crippen LogP contribution in [0.3, 0.4) is 0 Å². The van der Waals surface area contributed by atoms with Gasteiger partial charge in [-0.1, -0.05) is 43.7 Å². The molecule has 0 saturated carbocycles. The maximum atomic E-state index is 12.0. The zero-order chi connectivity index (χ0) is 17.5. The molecule has 1 aliphatic rings. The first-order chi connectivity index (χ1) is 11.6. The Morgan fingerprint density at radius 1 is 1.00 bits per heavy atom. The molecule has 0 amide bonds. The molecule has 1 aromatic rings. The van der Waals surface area contributed by atoms with Crippen LogP contribution in [-0.4, -0.2) is 26.2 Å². The number of esters is 2. The molecule has 0 N–H and O–H groups in total. The van der Waals surface area contributed by atoms with Gasteiger partial charge in [0, 0.05) is 6.42 Å². The first-order valence-electron chi connectivity index (χ1n) is 8.27. The lowest BCUT2D eigenvalue weighted by molar-refractivity contribution is -0.139. The van der Waals surface area contributed by atoms with Gasteiger partial charge in [0.1, 0.15) is 0 Å². The number of benzene rings is 1. The van der Waals surface area contributed by atoms with Gasteiger partial charge in [0.2, 0.25) is 0 Å². The van der Waals surface area contributed by atoms with E-state index in [-0.39, 0.29) is 0 Å². The summed E-state index contributed by atoms with van der Waals surface area (Å²) in [4.78, 5) is 23.9. The molecule has 0 heterocycles. The molecule has 4 heteroatoms. The number of ether oxygens (including phenoxy) is 2. The fraction of sp³-hybridized carbons (Fsp3) is 0.400. The van der Waals surface area contributed by atoms with E-state index in [1.807, 2.05) is 6.08 Å². The lowest BCUT2D eigenvalue weighted by Crippen LogP contribution is -2.17. The topological polar surface area (TPSA) is 52.6 Å². The van der Waals surface area contributed by atoms with Gasteiger partial charge in [-0.25, -0.2) is 9.59 Å². The lowest BCUT2D eigenvalue weighted by Gasteiger charge is -2.19. The van der Waals surface area contributed by atoms with Crippen molar-refractivity contribution >= 4 is 17.5 Å². The molecular formula is C20H24O4. The number of allylic oxidation sites excluding steroid dienone is 2. The number of hydrogen-bond acceptors (Lipinski definition) is 4. The van der Waals surface area contributed by atoms with E-state index in [2.05, 4.69) is 31.2 Å². The summed E-state index contributed by atoms with van der Waals surface area (Å²) in [5.74, 6) is -0.943. The molecular weight excluding hydrogens is 304 g/mol. The third-order valence-electron chi connectivity index (χ3n) is 4.29. The van der Waals surface area contributed by atoms with E-state index in [1.54, 1.807) is 0 Å². The van der Waals surface area contributed by atoms with Crippen molar-refractivity contribution in [2.45, 2.75) is 39.0 Å². The number of hydrogen-bond donors (Lipinski definition) is 0. The third kappa shape index (κ3) is 4.13. The van der Waals surface area contributed by atoms with Crippen LogP contribution >= 0.6 is 0 Å². The van der Waals surface area contributed by atoms with Gasteiger partial charge >= 0.3 is 11.9 Å². The van der Waals surface area contributed by atoms with Crippen LogP contribution in [0.5, 0.6) is 0 Å². The Morgan fingerprint density at radius 3 is 2.21 bits per heavy atom. The molecule has 1 aromatic carbocycles. The maximum Gasteiger partial charge on any atom is 0.334 e. The van der Waals surface area contributed by atoms with E-state index < -0.39 is 11.9 Å². The Hall–Kier alpha value is -2.36. The number of carbonyl (C=O) groups is 2. The molecule has 0 aliphatic heterocycles. The molecule has 4 nitrogen and oxygen atoms in total. The molecule has 0 radical (unpaired) electrons. The van der Waals surface area contributed by atoms with Crippen LogP contribution in [0.1, 0.15) is 43.7 Å². The van der Waals surface area contributed by atoms with Crippen LogP contribution in [0.15, 0.2) is 41.5 Å². The number of unbranched alkanes of at least 4 members (excludes halogenated alkanes) is 1. The Kier molecular flexibility index (Phi) is 6.36. The van der Waals surface area contributed by atoms with Crippen molar-refractivity contribution in [3.63, 3.8) is 0 Å². The fourth-order valence-corrected chi connectivity index (χ4v) is 2.85. The van der Waals surface area contributed by atoms with E-state index in [9.17, 15) is 9.59 Å². The molecule has 0 bridgehead atoms. The molecule has 0 atom stereocenters. The number of methoxy groups -OCH3 is 2. The van der Waals surface area contributed by atoms with E-state index in [1.165, 1.54) is 32.6 Å². The first-order valence-corrected chi connectivity index (χ1v) is 8.27. The van der Waals surface area contributed by atoms with Gasteiger partial charge in [-0.3, -0.25) is 0 Å². The van der Waals surface area contributed by atoms with Crippen molar-refractivity contribution in [2.75, 3.05) is 14.2 Å². The van der Waals surface area contributed by atoms with Gasteiger partial charge in [-0.15, -0.1) is 0 Å². The minimum Gasteiger partial charge on any atom is -0.466 e. The largest absolute Gasteiger partial charge is 0.466 e. The normalized spacial score (nSPS) is 14.2. The predicted molar refractivity (Wildman–Crippen MR) is 93.3 cm³/mol. The maximum absolute atomic E-state index is 12.0. The molecule has 128 valence electrons. The highest BCUT2D eigenvalue weighted by Crippen LogP contribution is 2.32.